The Bertz CT molecular complexity index is 300. The van der Waals surface area contributed by atoms with E-state index in [0.29, 0.717) is 24.4 Å². The zero-order valence-electron chi connectivity index (χ0n) is 10.7. The van der Waals surface area contributed by atoms with Gasteiger partial charge in [0.2, 0.25) is 5.89 Å². The SMILES string of the molecule is CCC(C)CN(CC)c1nnc(CNC)o1. The highest BCUT2D eigenvalue weighted by Gasteiger charge is 2.14. The molecule has 5 heteroatoms. The molecule has 0 saturated carbocycles. The summed E-state index contributed by atoms with van der Waals surface area (Å²) < 4.78 is 5.56. The van der Waals surface area contributed by atoms with E-state index in [4.69, 9.17) is 4.42 Å². The van der Waals surface area contributed by atoms with Gasteiger partial charge in [0.15, 0.2) is 0 Å². The molecule has 0 aliphatic rings. The summed E-state index contributed by atoms with van der Waals surface area (Å²) >= 11 is 0. The molecule has 0 aliphatic heterocycles. The van der Waals surface area contributed by atoms with Gasteiger partial charge in [0, 0.05) is 13.1 Å². The molecule has 1 unspecified atom stereocenters. The predicted molar refractivity (Wildman–Crippen MR) is 64.4 cm³/mol. The van der Waals surface area contributed by atoms with Crippen LogP contribution in [0, 0.1) is 5.92 Å². The quantitative estimate of drug-likeness (QED) is 0.766. The van der Waals surface area contributed by atoms with Crippen LogP contribution in [0.5, 0.6) is 0 Å². The number of rotatable bonds is 7. The first-order chi connectivity index (χ1) is 7.71. The molecule has 0 bridgehead atoms. The van der Waals surface area contributed by atoms with Gasteiger partial charge in [-0.05, 0) is 19.9 Å². The Morgan fingerprint density at radius 3 is 2.69 bits per heavy atom. The molecule has 0 aliphatic carbocycles. The van der Waals surface area contributed by atoms with E-state index < -0.39 is 0 Å². The number of nitrogens with one attached hydrogen (secondary N) is 1. The second-order valence-electron chi connectivity index (χ2n) is 4.06. The molecule has 1 aromatic heterocycles. The van der Waals surface area contributed by atoms with Crippen LogP contribution in [-0.4, -0.2) is 30.3 Å². The average Bonchev–Trinajstić information content (AvgIpc) is 2.74. The summed E-state index contributed by atoms with van der Waals surface area (Å²) in [5, 5.41) is 11.0. The molecule has 1 heterocycles. The molecular weight excluding hydrogens is 204 g/mol. The largest absolute Gasteiger partial charge is 0.407 e. The van der Waals surface area contributed by atoms with Crippen molar-refractivity contribution in [2.24, 2.45) is 5.92 Å². The summed E-state index contributed by atoms with van der Waals surface area (Å²) in [7, 11) is 1.86. The molecule has 0 saturated heterocycles. The maximum absolute atomic E-state index is 5.56. The number of anilines is 1. The molecule has 1 atom stereocenters. The fourth-order valence-corrected chi connectivity index (χ4v) is 1.44. The maximum Gasteiger partial charge on any atom is 0.318 e. The lowest BCUT2D eigenvalue weighted by Crippen LogP contribution is -2.28. The summed E-state index contributed by atoms with van der Waals surface area (Å²) in [5.41, 5.74) is 0. The zero-order valence-corrected chi connectivity index (χ0v) is 10.7. The van der Waals surface area contributed by atoms with E-state index in [9.17, 15) is 0 Å². The first-order valence-electron chi connectivity index (χ1n) is 5.93. The number of nitrogens with zero attached hydrogens (tertiary/aromatic N) is 3. The fraction of sp³-hybridized carbons (Fsp3) is 0.818. The van der Waals surface area contributed by atoms with E-state index in [2.05, 4.69) is 41.2 Å². The molecule has 0 radical (unpaired) electrons. The summed E-state index contributed by atoms with van der Waals surface area (Å²) in [4.78, 5) is 2.13. The molecule has 1 rings (SSSR count). The van der Waals surface area contributed by atoms with Gasteiger partial charge in [-0.3, -0.25) is 0 Å². The normalized spacial score (nSPS) is 12.8. The van der Waals surface area contributed by atoms with Crippen LogP contribution in [0.2, 0.25) is 0 Å². The Hall–Kier alpha value is -1.10. The van der Waals surface area contributed by atoms with Gasteiger partial charge in [-0.15, -0.1) is 5.10 Å². The highest BCUT2D eigenvalue weighted by atomic mass is 16.4. The highest BCUT2D eigenvalue weighted by Crippen LogP contribution is 2.14. The third-order valence-electron chi connectivity index (χ3n) is 2.67. The molecule has 0 amide bonds. The van der Waals surface area contributed by atoms with Gasteiger partial charge in [0.1, 0.15) is 0 Å². The lowest BCUT2D eigenvalue weighted by atomic mass is 10.1. The van der Waals surface area contributed by atoms with Crippen molar-refractivity contribution < 1.29 is 4.42 Å². The molecule has 0 fully saturated rings. The maximum atomic E-state index is 5.56. The molecule has 5 nitrogen and oxygen atoms in total. The Morgan fingerprint density at radius 2 is 2.12 bits per heavy atom. The van der Waals surface area contributed by atoms with Crippen molar-refractivity contribution in [1.82, 2.24) is 15.5 Å². The Labute approximate surface area is 97.2 Å². The molecule has 1 aromatic rings. The Balaban J connectivity index is 2.63. The third kappa shape index (κ3) is 3.48. The minimum atomic E-state index is 0.619. The first kappa shape index (κ1) is 13.0. The Morgan fingerprint density at radius 1 is 1.38 bits per heavy atom. The van der Waals surface area contributed by atoms with Gasteiger partial charge < -0.3 is 14.6 Å². The number of hydrogen-bond acceptors (Lipinski definition) is 5. The standard InChI is InChI=1S/C11H22N4O/c1-5-9(3)8-15(6-2)11-14-13-10(16-11)7-12-4/h9,12H,5-8H2,1-4H3. The number of hydrogen-bond donors (Lipinski definition) is 1. The van der Waals surface area contributed by atoms with Crippen LogP contribution >= 0.6 is 0 Å². The average molecular weight is 226 g/mol. The van der Waals surface area contributed by atoms with Crippen molar-refractivity contribution in [2.75, 3.05) is 25.0 Å². The minimum Gasteiger partial charge on any atom is -0.407 e. The molecule has 1 N–H and O–H groups in total. The van der Waals surface area contributed by atoms with Crippen molar-refractivity contribution in [3.8, 4) is 0 Å². The van der Waals surface area contributed by atoms with E-state index in [0.717, 1.165) is 19.5 Å². The van der Waals surface area contributed by atoms with E-state index in [1.54, 1.807) is 0 Å². The van der Waals surface area contributed by atoms with Gasteiger partial charge in [-0.1, -0.05) is 25.4 Å². The fourth-order valence-electron chi connectivity index (χ4n) is 1.44. The molecule has 92 valence electrons. The summed E-state index contributed by atoms with van der Waals surface area (Å²) in [5.74, 6) is 1.28. The first-order valence-corrected chi connectivity index (χ1v) is 5.93. The van der Waals surface area contributed by atoms with Crippen molar-refractivity contribution in [1.29, 1.82) is 0 Å². The smallest absolute Gasteiger partial charge is 0.318 e. The van der Waals surface area contributed by atoms with Crippen LogP contribution in [0.25, 0.3) is 0 Å². The lowest BCUT2D eigenvalue weighted by Gasteiger charge is -2.21. The van der Waals surface area contributed by atoms with Crippen molar-refractivity contribution in [3.63, 3.8) is 0 Å². The molecule has 0 spiro atoms. The monoisotopic (exact) mass is 226 g/mol. The van der Waals surface area contributed by atoms with Crippen LogP contribution in [-0.2, 0) is 6.54 Å². The van der Waals surface area contributed by atoms with Crippen LogP contribution < -0.4 is 10.2 Å². The van der Waals surface area contributed by atoms with E-state index in [-0.39, 0.29) is 0 Å². The topological polar surface area (TPSA) is 54.2 Å². The van der Waals surface area contributed by atoms with Crippen LogP contribution in [0.4, 0.5) is 6.01 Å². The van der Waals surface area contributed by atoms with E-state index in [1.165, 1.54) is 0 Å². The third-order valence-corrected chi connectivity index (χ3v) is 2.67. The second kappa shape index (κ2) is 6.48. The van der Waals surface area contributed by atoms with E-state index in [1.807, 2.05) is 7.05 Å². The van der Waals surface area contributed by atoms with E-state index >= 15 is 0 Å². The molecule has 0 aromatic carbocycles. The van der Waals surface area contributed by atoms with Gasteiger partial charge >= 0.3 is 6.01 Å². The van der Waals surface area contributed by atoms with Crippen molar-refractivity contribution in [2.45, 2.75) is 33.7 Å². The van der Waals surface area contributed by atoms with Crippen molar-refractivity contribution in [3.05, 3.63) is 5.89 Å². The minimum absolute atomic E-state index is 0.619. The summed E-state index contributed by atoms with van der Waals surface area (Å²) in [6.07, 6.45) is 1.16. The highest BCUT2D eigenvalue weighted by molar-refractivity contribution is 5.23. The van der Waals surface area contributed by atoms with Crippen LogP contribution in [0.1, 0.15) is 33.1 Å². The summed E-state index contributed by atoms with van der Waals surface area (Å²) in [6.45, 7) is 9.00. The summed E-state index contributed by atoms with van der Waals surface area (Å²) in [6, 6.07) is 0.632. The van der Waals surface area contributed by atoms with Crippen LogP contribution in [0.3, 0.4) is 0 Å². The number of aromatic nitrogens is 2. The van der Waals surface area contributed by atoms with Crippen LogP contribution in [0.15, 0.2) is 4.42 Å². The zero-order chi connectivity index (χ0) is 12.0. The second-order valence-corrected chi connectivity index (χ2v) is 4.06. The lowest BCUT2D eigenvalue weighted by molar-refractivity contribution is 0.454. The van der Waals surface area contributed by atoms with Gasteiger partial charge in [0.05, 0.1) is 6.54 Å². The molecular formula is C11H22N4O. The predicted octanol–water partition coefficient (Wildman–Crippen LogP) is 1.66. The Kier molecular flexibility index (Phi) is 5.25. The van der Waals surface area contributed by atoms with Crippen molar-refractivity contribution >= 4 is 6.01 Å². The van der Waals surface area contributed by atoms with Gasteiger partial charge in [-0.25, -0.2) is 0 Å². The van der Waals surface area contributed by atoms with Gasteiger partial charge in [0.25, 0.3) is 0 Å². The molecule has 16 heavy (non-hydrogen) atoms. The van der Waals surface area contributed by atoms with Gasteiger partial charge in [-0.2, -0.15) is 0 Å².